The zero-order chi connectivity index (χ0) is 26.2. The Hall–Kier alpha value is -3.54. The van der Waals surface area contributed by atoms with Gasteiger partial charge in [0.1, 0.15) is 5.82 Å². The Labute approximate surface area is 220 Å². The number of thiophene rings is 1. The molecule has 0 radical (unpaired) electrons. The number of sulfonamides is 1. The molecule has 0 saturated carbocycles. The minimum Gasteiger partial charge on any atom is -0.353 e. The molecule has 0 atom stereocenters. The number of carbonyl (C=O) groups excluding carboxylic acids is 2. The number of fused-ring (bicyclic) bond motifs is 1. The molecule has 5 rings (SSSR count). The third-order valence-electron chi connectivity index (χ3n) is 6.50. The van der Waals surface area contributed by atoms with Crippen molar-refractivity contribution in [2.24, 2.45) is 0 Å². The third-order valence-corrected chi connectivity index (χ3v) is 9.38. The highest BCUT2D eigenvalue weighted by Gasteiger charge is 2.32. The van der Waals surface area contributed by atoms with E-state index in [2.05, 4.69) is 21.8 Å². The summed E-state index contributed by atoms with van der Waals surface area (Å²) in [7, 11) is -3.73. The molecule has 0 bridgehead atoms. The molecule has 0 spiro atoms. The number of aryl methyl sites for hydroxylation is 1. The highest BCUT2D eigenvalue weighted by molar-refractivity contribution is 7.89. The van der Waals surface area contributed by atoms with Gasteiger partial charge in [-0.05, 0) is 61.0 Å². The van der Waals surface area contributed by atoms with Gasteiger partial charge in [-0.3, -0.25) is 9.59 Å². The van der Waals surface area contributed by atoms with E-state index in [1.165, 1.54) is 33.9 Å². The number of nitrogens with one attached hydrogen (secondary N) is 1. The number of anilines is 2. The van der Waals surface area contributed by atoms with E-state index in [0.717, 1.165) is 22.0 Å². The summed E-state index contributed by atoms with van der Waals surface area (Å²) < 4.78 is 27.9. The highest BCUT2D eigenvalue weighted by Crippen LogP contribution is 2.36. The van der Waals surface area contributed by atoms with Crippen molar-refractivity contribution in [2.75, 3.05) is 36.4 Å². The number of aromatic nitrogens is 1. The van der Waals surface area contributed by atoms with Crippen LogP contribution >= 0.6 is 11.3 Å². The fourth-order valence-electron chi connectivity index (χ4n) is 4.49. The second-order valence-electron chi connectivity index (χ2n) is 8.97. The molecule has 2 aliphatic rings. The maximum Gasteiger partial charge on any atom is 0.253 e. The van der Waals surface area contributed by atoms with E-state index in [1.807, 2.05) is 25.1 Å². The normalized spacial score (nSPS) is 15.9. The van der Waals surface area contributed by atoms with Crippen LogP contribution in [0.3, 0.4) is 0 Å². The monoisotopic (exact) mass is 537 g/mol. The molecule has 2 aliphatic heterocycles. The van der Waals surface area contributed by atoms with Gasteiger partial charge >= 0.3 is 0 Å². The molecule has 9 nitrogen and oxygen atoms in total. The van der Waals surface area contributed by atoms with Crippen LogP contribution in [-0.4, -0.2) is 60.6 Å². The highest BCUT2D eigenvalue weighted by atomic mass is 32.2. The summed E-state index contributed by atoms with van der Waals surface area (Å²) >= 11 is 1.36. The Morgan fingerprint density at radius 1 is 1.05 bits per heavy atom. The van der Waals surface area contributed by atoms with E-state index in [0.29, 0.717) is 36.7 Å². The lowest BCUT2D eigenvalue weighted by atomic mass is 10.2. The summed E-state index contributed by atoms with van der Waals surface area (Å²) in [5.41, 5.74) is 2.29. The Kier molecular flexibility index (Phi) is 6.84. The van der Waals surface area contributed by atoms with Crippen molar-refractivity contribution in [3.8, 4) is 0 Å². The van der Waals surface area contributed by atoms with Gasteiger partial charge in [0.15, 0.2) is 0 Å². The lowest BCUT2D eigenvalue weighted by Crippen LogP contribution is -2.49. The maximum absolute atomic E-state index is 13.2. The van der Waals surface area contributed by atoms with Crippen molar-refractivity contribution in [3.63, 3.8) is 0 Å². The van der Waals surface area contributed by atoms with E-state index in [1.54, 1.807) is 23.1 Å². The fraction of sp³-hybridized carbons (Fsp3) is 0.269. The minimum atomic E-state index is -3.73. The molecule has 1 saturated heterocycles. The van der Waals surface area contributed by atoms with Crippen LogP contribution in [0, 0.1) is 6.92 Å². The van der Waals surface area contributed by atoms with Crippen LogP contribution in [0.5, 0.6) is 0 Å². The first kappa shape index (κ1) is 25.1. The fourth-order valence-corrected chi connectivity index (χ4v) is 7.05. The Morgan fingerprint density at radius 3 is 2.43 bits per heavy atom. The number of rotatable bonds is 6. The molecular formula is C26H27N5O4S2. The second-order valence-corrected chi connectivity index (χ2v) is 12.0. The summed E-state index contributed by atoms with van der Waals surface area (Å²) in [6, 6.07) is 13.9. The molecule has 192 valence electrons. The van der Waals surface area contributed by atoms with E-state index in [4.69, 9.17) is 0 Å². The predicted molar refractivity (Wildman–Crippen MR) is 143 cm³/mol. The van der Waals surface area contributed by atoms with Gasteiger partial charge in [0.05, 0.1) is 9.90 Å². The number of piperazine rings is 1. The third kappa shape index (κ3) is 5.15. The number of hydrogen-bond acceptors (Lipinski definition) is 7. The first-order valence-corrected chi connectivity index (χ1v) is 14.1. The lowest BCUT2D eigenvalue weighted by molar-refractivity contribution is -0.111. The number of amides is 2. The number of nitrogens with zero attached hydrogens (tertiary/aromatic N) is 4. The van der Waals surface area contributed by atoms with Gasteiger partial charge in [-0.25, -0.2) is 13.4 Å². The lowest BCUT2D eigenvalue weighted by Gasteiger charge is -2.35. The van der Waals surface area contributed by atoms with E-state index >= 15 is 0 Å². The van der Waals surface area contributed by atoms with Crippen LogP contribution in [0.1, 0.15) is 26.5 Å². The number of benzene rings is 1. The summed E-state index contributed by atoms with van der Waals surface area (Å²) in [6.07, 6.45) is 1.19. The predicted octanol–water partition coefficient (Wildman–Crippen LogP) is 3.24. The van der Waals surface area contributed by atoms with Gasteiger partial charge in [-0.15, -0.1) is 11.3 Å². The molecule has 4 heterocycles. The summed E-state index contributed by atoms with van der Waals surface area (Å²) in [6.45, 7) is 8.38. The van der Waals surface area contributed by atoms with E-state index < -0.39 is 10.0 Å². The van der Waals surface area contributed by atoms with E-state index in [9.17, 15) is 18.0 Å². The molecule has 0 unspecified atom stereocenters. The smallest absolute Gasteiger partial charge is 0.253 e. The van der Waals surface area contributed by atoms with Crippen molar-refractivity contribution in [2.45, 2.75) is 24.9 Å². The van der Waals surface area contributed by atoms with Crippen molar-refractivity contribution < 1.29 is 18.0 Å². The molecule has 0 aliphatic carbocycles. The standard InChI is InChI=1S/C26H27N5O4S2/c1-3-24(32)28-25-15-20-16-31(17-22(20)36-25)37(34,35)21-9-7-19(8-10-21)26(33)30-13-11-29(12-14-30)23-6-4-5-18(2)27-23/h3-10,15H,1,11-14,16-17H2,2H3,(H,28,32). The van der Waals surface area contributed by atoms with Gasteiger partial charge in [-0.1, -0.05) is 12.6 Å². The topological polar surface area (TPSA) is 103 Å². The number of carbonyl (C=O) groups is 2. The molecule has 1 N–H and O–H groups in total. The van der Waals surface area contributed by atoms with Crippen LogP contribution < -0.4 is 10.2 Å². The van der Waals surface area contributed by atoms with Crippen LogP contribution in [0.15, 0.2) is 66.1 Å². The number of pyridine rings is 1. The molecule has 1 aromatic carbocycles. The molecule has 1 fully saturated rings. The zero-order valence-electron chi connectivity index (χ0n) is 20.4. The van der Waals surface area contributed by atoms with E-state index in [-0.39, 0.29) is 29.8 Å². The molecular weight excluding hydrogens is 510 g/mol. The van der Waals surface area contributed by atoms with Gasteiger partial charge in [0.25, 0.3) is 5.91 Å². The SMILES string of the molecule is C=CC(=O)Nc1cc2c(s1)CN(S(=O)(=O)c1ccc(C(=O)N3CCN(c4cccc(C)n4)CC3)cc1)C2. The van der Waals surface area contributed by atoms with Crippen molar-refractivity contribution in [3.05, 3.63) is 82.9 Å². The quantitative estimate of drug-likeness (QED) is 0.485. The van der Waals surface area contributed by atoms with Gasteiger partial charge in [-0.2, -0.15) is 4.31 Å². The maximum atomic E-state index is 13.2. The Balaban J connectivity index is 1.21. The zero-order valence-corrected chi connectivity index (χ0v) is 22.0. The van der Waals surface area contributed by atoms with Crippen LogP contribution in [0.4, 0.5) is 10.8 Å². The summed E-state index contributed by atoms with van der Waals surface area (Å²) in [4.78, 5) is 34.1. The first-order valence-electron chi connectivity index (χ1n) is 11.9. The molecule has 11 heteroatoms. The van der Waals surface area contributed by atoms with Crippen molar-refractivity contribution >= 4 is 44.0 Å². The summed E-state index contributed by atoms with van der Waals surface area (Å²) in [5.74, 6) is 0.498. The summed E-state index contributed by atoms with van der Waals surface area (Å²) in [5, 5.41) is 3.39. The van der Waals surface area contributed by atoms with Gasteiger partial charge in [0, 0.05) is 55.4 Å². The van der Waals surface area contributed by atoms with Gasteiger partial charge < -0.3 is 15.1 Å². The second kappa shape index (κ2) is 10.1. The van der Waals surface area contributed by atoms with Crippen LogP contribution in [0.25, 0.3) is 0 Å². The van der Waals surface area contributed by atoms with Crippen molar-refractivity contribution in [1.82, 2.24) is 14.2 Å². The molecule has 37 heavy (non-hydrogen) atoms. The first-order chi connectivity index (χ1) is 17.7. The Morgan fingerprint density at radius 2 is 1.78 bits per heavy atom. The Bertz CT molecular complexity index is 1430. The van der Waals surface area contributed by atoms with Crippen molar-refractivity contribution in [1.29, 1.82) is 0 Å². The molecule has 3 aromatic rings. The molecule has 2 amide bonds. The van der Waals surface area contributed by atoms with Gasteiger partial charge in [0.2, 0.25) is 15.9 Å². The molecule has 2 aromatic heterocycles. The average molecular weight is 538 g/mol. The van der Waals surface area contributed by atoms with Crippen LogP contribution in [-0.2, 0) is 27.9 Å². The number of hydrogen-bond donors (Lipinski definition) is 1. The average Bonchev–Trinajstić information content (AvgIpc) is 3.48. The largest absolute Gasteiger partial charge is 0.353 e. The van der Waals surface area contributed by atoms with Crippen LogP contribution in [0.2, 0.25) is 0 Å². The minimum absolute atomic E-state index is 0.113.